The normalized spacial score (nSPS) is 13.6. The number of pyridine rings is 1. The maximum absolute atomic E-state index is 6.82. The molecule has 58 heavy (non-hydrogen) atoms. The van der Waals surface area contributed by atoms with E-state index in [-0.39, 0.29) is 42.7 Å². The van der Waals surface area contributed by atoms with Crippen LogP contribution in [-0.2, 0) is 42.7 Å². The number of para-hydroxylation sites is 2. The summed E-state index contributed by atoms with van der Waals surface area (Å²) in [6.07, 6.45) is 1.92. The molecule has 0 saturated heterocycles. The molecule has 1 aliphatic rings. The van der Waals surface area contributed by atoms with Gasteiger partial charge in [-0.25, -0.2) is 4.98 Å². The van der Waals surface area contributed by atoms with Gasteiger partial charge < -0.3 is 19.1 Å². The van der Waals surface area contributed by atoms with Gasteiger partial charge in [0.25, 0.3) is 0 Å². The largest absolute Gasteiger partial charge is 0.509 e. The van der Waals surface area contributed by atoms with Gasteiger partial charge in [-0.05, 0) is 86.2 Å². The summed E-state index contributed by atoms with van der Waals surface area (Å²) in [6, 6.07) is 44.5. The summed E-state index contributed by atoms with van der Waals surface area (Å²) in [7, 11) is 0. The van der Waals surface area contributed by atoms with E-state index in [1.54, 1.807) is 0 Å². The van der Waals surface area contributed by atoms with Gasteiger partial charge in [-0.15, -0.1) is 53.6 Å². The summed E-state index contributed by atoms with van der Waals surface area (Å²) in [5.74, 6) is 2.12. The van der Waals surface area contributed by atoms with Gasteiger partial charge in [0, 0.05) is 61.3 Å². The van der Waals surface area contributed by atoms with Crippen molar-refractivity contribution < 1.29 is 25.8 Å². The molecule has 0 fully saturated rings. The Morgan fingerprint density at radius 2 is 1.17 bits per heavy atom. The number of fused-ring (bicyclic) bond motifs is 4. The zero-order valence-corrected chi connectivity index (χ0v) is 38.3. The Morgan fingerprint density at radius 3 is 1.84 bits per heavy atom. The van der Waals surface area contributed by atoms with Gasteiger partial charge in [0.2, 0.25) is 0 Å². The van der Waals surface area contributed by atoms with E-state index in [0.717, 1.165) is 50.6 Å². The van der Waals surface area contributed by atoms with E-state index < -0.39 is 0 Å². The second kappa shape index (κ2) is 14.8. The van der Waals surface area contributed by atoms with Crippen molar-refractivity contribution in [1.29, 1.82) is 0 Å². The summed E-state index contributed by atoms with van der Waals surface area (Å²) in [5.41, 5.74) is 11.1. The smallest absolute Gasteiger partial charge is 0.135 e. The Kier molecular flexibility index (Phi) is 10.5. The first-order chi connectivity index (χ1) is 26.8. The van der Waals surface area contributed by atoms with Crippen molar-refractivity contribution >= 4 is 44.6 Å². The molecule has 2 aromatic heterocycles. The molecule has 302 valence electrons. The fraction of sp³-hybridized carbons (Fsp3) is 0.308. The number of hydrogen-bond donors (Lipinski definition) is 0. The fourth-order valence-electron chi connectivity index (χ4n) is 7.59. The zero-order chi connectivity index (χ0) is 40.7. The molecule has 8 rings (SSSR count). The summed E-state index contributed by atoms with van der Waals surface area (Å²) in [6.45, 7) is 29.2. The standard InChI is InChI=1S/C52H55N4O.Pt/c1-49(2,3)34-16-15-17-38(26-34)54-33-55(46-19-14-13-18-45(46)54)39-27-37(52(10,11)12)28-41(31-39)57-40-21-22-42-43-29-35(50(4,5)6)20-23-44(43)56(47(42)32-40)48-30-36(24-25-53-48)51(7,8)9;/h13-30,33H,1-12H3;/q-3;. The SMILES string of the molecule is CC(C)(C)c1cc(Oc2[c-]c3c(cc2)c2cc(C(C)(C)C)ccc2n3-c2cc(C(C)(C)C)ccn2)[c-]c(N2[CH-]N(c3cccc(C(C)(C)C)c3)c3ccccc32)c1.[Pt]. The molecule has 0 radical (unpaired) electrons. The van der Waals surface area contributed by atoms with Gasteiger partial charge in [0.05, 0.1) is 0 Å². The second-order valence-electron chi connectivity index (χ2n) is 19.7. The first-order valence-electron chi connectivity index (χ1n) is 20.1. The third-order valence-corrected chi connectivity index (χ3v) is 11.2. The molecule has 0 saturated carbocycles. The third-order valence-electron chi connectivity index (χ3n) is 11.2. The van der Waals surface area contributed by atoms with Crippen molar-refractivity contribution in [2.75, 3.05) is 9.80 Å². The van der Waals surface area contributed by atoms with Gasteiger partial charge in [-0.1, -0.05) is 125 Å². The minimum Gasteiger partial charge on any atom is -0.509 e. The fourth-order valence-corrected chi connectivity index (χ4v) is 7.59. The van der Waals surface area contributed by atoms with Crippen LogP contribution in [0.2, 0.25) is 0 Å². The zero-order valence-electron chi connectivity index (χ0n) is 36.0. The topological polar surface area (TPSA) is 33.5 Å². The van der Waals surface area contributed by atoms with Crippen LogP contribution < -0.4 is 14.5 Å². The number of aromatic nitrogens is 2. The van der Waals surface area contributed by atoms with Crippen molar-refractivity contribution in [2.24, 2.45) is 0 Å². The second-order valence-corrected chi connectivity index (χ2v) is 19.7. The number of anilines is 4. The van der Waals surface area contributed by atoms with E-state index >= 15 is 0 Å². The van der Waals surface area contributed by atoms with Crippen LogP contribution in [0.3, 0.4) is 0 Å². The molecule has 7 aromatic rings. The summed E-state index contributed by atoms with van der Waals surface area (Å²) < 4.78 is 9.05. The summed E-state index contributed by atoms with van der Waals surface area (Å²) in [4.78, 5) is 9.42. The third kappa shape index (κ3) is 7.83. The van der Waals surface area contributed by atoms with E-state index in [1.165, 1.54) is 22.1 Å². The number of ether oxygens (including phenoxy) is 1. The van der Waals surface area contributed by atoms with Crippen molar-refractivity contribution in [3.05, 3.63) is 150 Å². The Labute approximate surface area is 360 Å². The molecular weight excluding hydrogens is 892 g/mol. The van der Waals surface area contributed by atoms with Crippen LogP contribution in [0.1, 0.15) is 105 Å². The Bertz CT molecular complexity index is 2640. The predicted octanol–water partition coefficient (Wildman–Crippen LogP) is 14.2. The van der Waals surface area contributed by atoms with Crippen LogP contribution >= 0.6 is 0 Å². The minimum atomic E-state index is -0.142. The Balaban J connectivity index is 0.00000512. The maximum atomic E-state index is 6.82. The van der Waals surface area contributed by atoms with Crippen molar-refractivity contribution in [3.8, 4) is 17.3 Å². The van der Waals surface area contributed by atoms with E-state index in [4.69, 9.17) is 9.72 Å². The van der Waals surface area contributed by atoms with E-state index in [2.05, 4.69) is 213 Å². The van der Waals surface area contributed by atoms with Crippen LogP contribution in [-0.4, -0.2) is 9.55 Å². The van der Waals surface area contributed by atoms with Crippen molar-refractivity contribution in [3.63, 3.8) is 0 Å². The molecule has 5 aromatic carbocycles. The van der Waals surface area contributed by atoms with Crippen LogP contribution in [0.25, 0.3) is 27.6 Å². The molecule has 0 aliphatic carbocycles. The van der Waals surface area contributed by atoms with Crippen LogP contribution in [0.4, 0.5) is 22.7 Å². The predicted molar refractivity (Wildman–Crippen MR) is 239 cm³/mol. The molecule has 5 nitrogen and oxygen atoms in total. The molecule has 0 spiro atoms. The van der Waals surface area contributed by atoms with E-state index in [9.17, 15) is 0 Å². The number of rotatable bonds is 5. The van der Waals surface area contributed by atoms with Crippen molar-refractivity contribution in [2.45, 2.75) is 105 Å². The molecule has 0 atom stereocenters. The van der Waals surface area contributed by atoms with Gasteiger partial charge in [-0.2, -0.15) is 6.07 Å². The van der Waals surface area contributed by atoms with Crippen molar-refractivity contribution in [1.82, 2.24) is 9.55 Å². The molecule has 0 bridgehead atoms. The maximum Gasteiger partial charge on any atom is 0.135 e. The van der Waals surface area contributed by atoms with Gasteiger partial charge in [-0.3, -0.25) is 0 Å². The first kappa shape index (κ1) is 41.3. The first-order valence-corrected chi connectivity index (χ1v) is 20.1. The van der Waals surface area contributed by atoms with Gasteiger partial charge in [0.15, 0.2) is 0 Å². The van der Waals surface area contributed by atoms with Crippen LogP contribution in [0, 0.1) is 18.8 Å². The molecular formula is C52H55N4OPt-3. The Morgan fingerprint density at radius 1 is 0.534 bits per heavy atom. The van der Waals surface area contributed by atoms with Gasteiger partial charge >= 0.3 is 0 Å². The average molecular weight is 947 g/mol. The molecule has 0 unspecified atom stereocenters. The summed E-state index contributed by atoms with van der Waals surface area (Å²) in [5, 5.41) is 2.28. The number of hydrogen-bond acceptors (Lipinski definition) is 4. The van der Waals surface area contributed by atoms with Crippen LogP contribution in [0.15, 0.2) is 109 Å². The average Bonchev–Trinajstić information content (AvgIpc) is 3.69. The summed E-state index contributed by atoms with van der Waals surface area (Å²) >= 11 is 0. The van der Waals surface area contributed by atoms with Crippen LogP contribution in [0.5, 0.6) is 11.5 Å². The monoisotopic (exact) mass is 946 g/mol. The van der Waals surface area contributed by atoms with Gasteiger partial charge in [0.1, 0.15) is 5.82 Å². The van der Waals surface area contributed by atoms with E-state index in [0.29, 0.717) is 11.5 Å². The van der Waals surface area contributed by atoms with E-state index in [1.807, 2.05) is 12.3 Å². The molecule has 0 N–H and O–H groups in total. The minimum absolute atomic E-state index is 0. The number of benzene rings is 5. The number of nitrogens with zero attached hydrogens (tertiary/aromatic N) is 4. The molecule has 6 heteroatoms. The quantitative estimate of drug-likeness (QED) is 0.161. The molecule has 0 amide bonds. The Hall–Kier alpha value is -4.86. The molecule has 1 aliphatic heterocycles. The molecule has 3 heterocycles.